The Morgan fingerprint density at radius 2 is 1.62 bits per heavy atom. The molecule has 0 fully saturated rings. The first kappa shape index (κ1) is 18.7. The van der Waals surface area contributed by atoms with E-state index in [0.717, 1.165) is 28.3 Å². The third kappa shape index (κ3) is 3.69. The van der Waals surface area contributed by atoms with E-state index < -0.39 is 5.97 Å². The summed E-state index contributed by atoms with van der Waals surface area (Å²) >= 11 is 0. The van der Waals surface area contributed by atoms with Crippen molar-refractivity contribution in [3.63, 3.8) is 0 Å². The molecule has 146 valence electrons. The second-order valence-corrected chi connectivity index (χ2v) is 7.09. The maximum absolute atomic E-state index is 12.4. The van der Waals surface area contributed by atoms with E-state index in [1.807, 2.05) is 38.1 Å². The van der Waals surface area contributed by atoms with Crippen molar-refractivity contribution >= 4 is 23.3 Å². The predicted molar refractivity (Wildman–Crippen MR) is 109 cm³/mol. The zero-order chi connectivity index (χ0) is 20.5. The fourth-order valence-electron chi connectivity index (χ4n) is 3.52. The molecule has 0 saturated heterocycles. The highest BCUT2D eigenvalue weighted by molar-refractivity contribution is 6.03. The normalized spacial score (nSPS) is 12.4. The van der Waals surface area contributed by atoms with Crippen molar-refractivity contribution < 1.29 is 19.1 Å². The molecule has 0 spiro atoms. The number of benzene rings is 2. The van der Waals surface area contributed by atoms with Gasteiger partial charge in [0.2, 0.25) is 5.91 Å². The summed E-state index contributed by atoms with van der Waals surface area (Å²) in [5.74, 6) is -0.954. The molecule has 6 heteroatoms. The number of aryl methyl sites for hydroxylation is 2. The Morgan fingerprint density at radius 3 is 2.31 bits per heavy atom. The largest absolute Gasteiger partial charge is 0.454 e. The van der Waals surface area contributed by atoms with E-state index in [1.54, 1.807) is 30.3 Å². The van der Waals surface area contributed by atoms with Crippen molar-refractivity contribution in [1.82, 2.24) is 4.57 Å². The third-order valence-corrected chi connectivity index (χ3v) is 5.02. The minimum atomic E-state index is -0.552. The van der Waals surface area contributed by atoms with Gasteiger partial charge in [-0.1, -0.05) is 0 Å². The maximum atomic E-state index is 12.4. The first-order valence-corrected chi connectivity index (χ1v) is 9.31. The highest BCUT2D eigenvalue weighted by Gasteiger charge is 2.20. The number of ketones is 1. The zero-order valence-corrected chi connectivity index (χ0v) is 16.2. The van der Waals surface area contributed by atoms with E-state index in [-0.39, 0.29) is 24.7 Å². The average molecular weight is 388 g/mol. The van der Waals surface area contributed by atoms with Crippen LogP contribution in [0.25, 0.3) is 5.69 Å². The van der Waals surface area contributed by atoms with Gasteiger partial charge in [0.1, 0.15) is 0 Å². The molecule has 2 heterocycles. The number of aromatic nitrogens is 1. The van der Waals surface area contributed by atoms with Crippen molar-refractivity contribution in [2.45, 2.75) is 20.3 Å². The van der Waals surface area contributed by atoms with Crippen molar-refractivity contribution in [1.29, 1.82) is 0 Å². The Morgan fingerprint density at radius 1 is 0.966 bits per heavy atom. The highest BCUT2D eigenvalue weighted by atomic mass is 16.5. The lowest BCUT2D eigenvalue weighted by atomic mass is 10.1. The van der Waals surface area contributed by atoms with Crippen LogP contribution in [0.3, 0.4) is 0 Å². The quantitative estimate of drug-likeness (QED) is 0.535. The number of esters is 1. The van der Waals surface area contributed by atoms with Crippen LogP contribution in [0.1, 0.15) is 37.7 Å². The molecule has 1 aliphatic heterocycles. The van der Waals surface area contributed by atoms with Crippen molar-refractivity contribution in [2.24, 2.45) is 0 Å². The third-order valence-electron chi connectivity index (χ3n) is 5.02. The molecule has 2 aromatic carbocycles. The number of anilines is 1. The number of carbonyl (C=O) groups is 3. The van der Waals surface area contributed by atoms with Gasteiger partial charge < -0.3 is 14.6 Å². The summed E-state index contributed by atoms with van der Waals surface area (Å²) < 4.78 is 7.27. The van der Waals surface area contributed by atoms with Crippen molar-refractivity contribution in [2.75, 3.05) is 11.9 Å². The van der Waals surface area contributed by atoms with Gasteiger partial charge in [0.15, 0.2) is 12.4 Å². The van der Waals surface area contributed by atoms with Gasteiger partial charge >= 0.3 is 5.97 Å². The number of hydrogen-bond donors (Lipinski definition) is 1. The van der Waals surface area contributed by atoms with Crippen LogP contribution in [0.4, 0.5) is 5.69 Å². The standard InChI is InChI=1S/C23H20N2O4/c1-14-3-4-15(2)25(14)19-8-5-16(6-9-19)23(28)29-13-21(26)17-7-10-20-18(11-17)12-22(27)24-20/h3-11H,12-13H2,1-2H3,(H,24,27). The summed E-state index contributed by atoms with van der Waals surface area (Å²) in [6, 6.07) is 16.1. The number of rotatable bonds is 5. The molecule has 1 aromatic heterocycles. The van der Waals surface area contributed by atoms with Gasteiger partial charge in [-0.2, -0.15) is 0 Å². The lowest BCUT2D eigenvalue weighted by Gasteiger charge is -2.10. The van der Waals surface area contributed by atoms with E-state index in [2.05, 4.69) is 9.88 Å². The molecule has 1 N–H and O–H groups in total. The molecular weight excluding hydrogens is 368 g/mol. The molecule has 1 amide bonds. The SMILES string of the molecule is Cc1ccc(C)n1-c1ccc(C(=O)OCC(=O)c2ccc3c(c2)CC(=O)N3)cc1. The van der Waals surface area contributed by atoms with Gasteiger partial charge in [-0.3, -0.25) is 9.59 Å². The summed E-state index contributed by atoms with van der Waals surface area (Å²) in [6.45, 7) is 3.69. The van der Waals surface area contributed by atoms with E-state index >= 15 is 0 Å². The fourth-order valence-corrected chi connectivity index (χ4v) is 3.52. The molecule has 1 aliphatic rings. The molecule has 0 unspecified atom stereocenters. The summed E-state index contributed by atoms with van der Waals surface area (Å²) in [5.41, 5.74) is 5.47. The van der Waals surface area contributed by atoms with Crippen molar-refractivity contribution in [3.05, 3.63) is 82.7 Å². The van der Waals surface area contributed by atoms with E-state index in [9.17, 15) is 14.4 Å². The number of amides is 1. The maximum Gasteiger partial charge on any atom is 0.338 e. The zero-order valence-electron chi connectivity index (χ0n) is 16.2. The van der Waals surface area contributed by atoms with Gasteiger partial charge in [0, 0.05) is 28.3 Å². The Balaban J connectivity index is 1.40. The van der Waals surface area contributed by atoms with Crippen LogP contribution in [0, 0.1) is 13.8 Å². The number of fused-ring (bicyclic) bond motifs is 1. The smallest absolute Gasteiger partial charge is 0.338 e. The highest BCUT2D eigenvalue weighted by Crippen LogP contribution is 2.24. The summed E-state index contributed by atoms with van der Waals surface area (Å²) in [6.07, 6.45) is 0.253. The second-order valence-electron chi connectivity index (χ2n) is 7.09. The summed E-state index contributed by atoms with van der Waals surface area (Å²) in [5, 5.41) is 2.72. The topological polar surface area (TPSA) is 77.4 Å². The van der Waals surface area contributed by atoms with Crippen LogP contribution in [0.15, 0.2) is 54.6 Å². The number of nitrogens with zero attached hydrogens (tertiary/aromatic N) is 1. The second kappa shape index (κ2) is 7.39. The number of hydrogen-bond acceptors (Lipinski definition) is 4. The van der Waals surface area contributed by atoms with Crippen LogP contribution < -0.4 is 5.32 Å². The lowest BCUT2D eigenvalue weighted by Crippen LogP contribution is -2.14. The summed E-state index contributed by atoms with van der Waals surface area (Å²) in [4.78, 5) is 36.1. The first-order valence-electron chi connectivity index (χ1n) is 9.31. The molecule has 0 bridgehead atoms. The average Bonchev–Trinajstić information content (AvgIpc) is 3.25. The van der Waals surface area contributed by atoms with E-state index in [4.69, 9.17) is 4.74 Å². The minimum absolute atomic E-state index is 0.0928. The molecular formula is C23H20N2O4. The molecule has 29 heavy (non-hydrogen) atoms. The minimum Gasteiger partial charge on any atom is -0.454 e. The van der Waals surface area contributed by atoms with Crippen molar-refractivity contribution in [3.8, 4) is 5.69 Å². The monoisotopic (exact) mass is 388 g/mol. The molecule has 3 aromatic rings. The van der Waals surface area contributed by atoms with Gasteiger partial charge in [-0.15, -0.1) is 0 Å². The summed E-state index contributed by atoms with van der Waals surface area (Å²) in [7, 11) is 0. The first-order chi connectivity index (χ1) is 13.9. The Bertz CT molecular complexity index is 1110. The Kier molecular flexibility index (Phi) is 4.76. The molecule has 0 saturated carbocycles. The van der Waals surface area contributed by atoms with Crippen LogP contribution >= 0.6 is 0 Å². The molecule has 4 rings (SSSR count). The van der Waals surface area contributed by atoms with Gasteiger partial charge in [0.25, 0.3) is 0 Å². The number of ether oxygens (including phenoxy) is 1. The molecule has 0 radical (unpaired) electrons. The van der Waals surface area contributed by atoms with Gasteiger partial charge in [-0.25, -0.2) is 4.79 Å². The molecule has 0 aliphatic carbocycles. The number of nitrogens with one attached hydrogen (secondary N) is 1. The molecule has 6 nitrogen and oxygen atoms in total. The Labute approximate surface area is 168 Å². The van der Waals surface area contributed by atoms with Crippen LogP contribution in [-0.2, 0) is 16.0 Å². The van der Waals surface area contributed by atoms with Crippen LogP contribution in [0.2, 0.25) is 0 Å². The van der Waals surface area contributed by atoms with Gasteiger partial charge in [-0.05, 0) is 74.0 Å². The number of carbonyl (C=O) groups excluding carboxylic acids is 3. The fraction of sp³-hybridized carbons (Fsp3) is 0.174. The lowest BCUT2D eigenvalue weighted by molar-refractivity contribution is -0.115. The van der Waals surface area contributed by atoms with Crippen LogP contribution in [0.5, 0.6) is 0 Å². The van der Waals surface area contributed by atoms with Crippen LogP contribution in [-0.4, -0.2) is 28.8 Å². The van der Waals surface area contributed by atoms with E-state index in [0.29, 0.717) is 11.1 Å². The van der Waals surface area contributed by atoms with Gasteiger partial charge in [0.05, 0.1) is 12.0 Å². The molecule has 0 atom stereocenters. The van der Waals surface area contributed by atoms with E-state index in [1.165, 1.54) is 0 Å². The number of Topliss-reactive ketones (excluding diaryl/α,β-unsaturated/α-hetero) is 1. The Hall–Kier alpha value is -3.67. The predicted octanol–water partition coefficient (Wildman–Crippen LogP) is 3.63.